The number of halogens is 1. The molecule has 0 saturated carbocycles. The second kappa shape index (κ2) is 7.67. The van der Waals surface area contributed by atoms with Gasteiger partial charge in [-0.15, -0.1) is 0 Å². The number of hydrogen-bond acceptors (Lipinski definition) is 3. The highest BCUT2D eigenvalue weighted by Crippen LogP contribution is 2.27. The zero-order valence-corrected chi connectivity index (χ0v) is 15.6. The fourth-order valence-electron chi connectivity index (χ4n) is 3.22. The van der Waals surface area contributed by atoms with Crippen LogP contribution in [0.1, 0.15) is 20.7 Å². The number of hydrogen-bond donors (Lipinski definition) is 3. The molecule has 5 nitrogen and oxygen atoms in total. The number of rotatable bonds is 4. The highest BCUT2D eigenvalue weighted by atomic mass is 19.1. The number of carboxylic acid groups (broad SMARTS) is 1. The molecule has 6 heteroatoms. The molecule has 0 aliphatic rings. The predicted molar refractivity (Wildman–Crippen MR) is 112 cm³/mol. The summed E-state index contributed by atoms with van der Waals surface area (Å²) in [6.45, 7) is 0. The molecule has 4 rings (SSSR count). The molecule has 0 radical (unpaired) electrons. The molecule has 30 heavy (non-hydrogen) atoms. The van der Waals surface area contributed by atoms with Crippen molar-refractivity contribution < 1.29 is 24.2 Å². The van der Waals surface area contributed by atoms with Crippen molar-refractivity contribution in [2.45, 2.75) is 0 Å². The summed E-state index contributed by atoms with van der Waals surface area (Å²) in [6.07, 6.45) is 0. The third-order valence-corrected chi connectivity index (χ3v) is 4.76. The fraction of sp³-hybridized carbons (Fsp3) is 0. The van der Waals surface area contributed by atoms with E-state index in [0.717, 1.165) is 10.8 Å². The summed E-state index contributed by atoms with van der Waals surface area (Å²) in [5, 5.41) is 23.3. The lowest BCUT2D eigenvalue weighted by Crippen LogP contribution is -2.15. The molecule has 0 spiro atoms. The van der Waals surface area contributed by atoms with Gasteiger partial charge in [0, 0.05) is 5.56 Å². The summed E-state index contributed by atoms with van der Waals surface area (Å²) >= 11 is 0. The standard InChI is InChI=1S/C24H16FNO4/c25-19-7-3-14(4-8-19)17-6-10-21(24(29)30)22(13-17)26-23(28)18-2-1-16-12-20(27)9-5-15(16)11-18/h1-13,27H,(H,26,28)(H,29,30). The monoisotopic (exact) mass is 401 g/mol. The van der Waals surface area contributed by atoms with Gasteiger partial charge in [0.25, 0.3) is 5.91 Å². The van der Waals surface area contributed by atoms with Gasteiger partial charge < -0.3 is 15.5 Å². The number of phenols is 1. The Labute approximate surface area is 171 Å². The number of carbonyl (C=O) groups is 2. The first-order valence-electron chi connectivity index (χ1n) is 9.08. The first-order chi connectivity index (χ1) is 14.4. The maximum atomic E-state index is 13.2. The number of phenolic OH excluding ortho intramolecular Hbond substituents is 1. The minimum atomic E-state index is -1.18. The maximum absolute atomic E-state index is 13.2. The largest absolute Gasteiger partial charge is 0.508 e. The second-order valence-corrected chi connectivity index (χ2v) is 6.77. The van der Waals surface area contributed by atoms with E-state index < -0.39 is 11.9 Å². The van der Waals surface area contributed by atoms with Gasteiger partial charge in [0.1, 0.15) is 11.6 Å². The van der Waals surface area contributed by atoms with Crippen LogP contribution in [-0.2, 0) is 0 Å². The number of fused-ring (bicyclic) bond motifs is 1. The molecule has 4 aromatic carbocycles. The number of aromatic hydroxyl groups is 1. The average Bonchev–Trinajstić information content (AvgIpc) is 2.73. The van der Waals surface area contributed by atoms with Crippen molar-refractivity contribution in [3.05, 3.63) is 95.8 Å². The Bertz CT molecular complexity index is 1280. The zero-order chi connectivity index (χ0) is 21.3. The van der Waals surface area contributed by atoms with E-state index in [4.69, 9.17) is 0 Å². The maximum Gasteiger partial charge on any atom is 0.337 e. The molecule has 0 aliphatic heterocycles. The number of aromatic carboxylic acids is 1. The van der Waals surface area contributed by atoms with Gasteiger partial charge >= 0.3 is 5.97 Å². The highest BCUT2D eigenvalue weighted by molar-refractivity contribution is 6.09. The van der Waals surface area contributed by atoms with Gasteiger partial charge in [-0.1, -0.05) is 30.3 Å². The lowest BCUT2D eigenvalue weighted by atomic mass is 10.0. The lowest BCUT2D eigenvalue weighted by molar-refractivity contribution is 0.0698. The van der Waals surface area contributed by atoms with Crippen LogP contribution < -0.4 is 5.32 Å². The van der Waals surface area contributed by atoms with Crippen LogP contribution in [0.15, 0.2) is 78.9 Å². The number of amides is 1. The van der Waals surface area contributed by atoms with Gasteiger partial charge in [-0.05, 0) is 70.4 Å². The molecule has 3 N–H and O–H groups in total. The first kappa shape index (κ1) is 19.1. The fourth-order valence-corrected chi connectivity index (χ4v) is 3.22. The van der Waals surface area contributed by atoms with Crippen molar-refractivity contribution in [2.75, 3.05) is 5.32 Å². The average molecular weight is 401 g/mol. The molecule has 148 valence electrons. The molecule has 0 fully saturated rings. The summed E-state index contributed by atoms with van der Waals surface area (Å²) < 4.78 is 13.2. The summed E-state index contributed by atoms with van der Waals surface area (Å²) in [4.78, 5) is 24.4. The Balaban J connectivity index is 1.69. The molecule has 0 aliphatic carbocycles. The topological polar surface area (TPSA) is 86.6 Å². The van der Waals surface area contributed by atoms with Crippen molar-refractivity contribution in [1.29, 1.82) is 0 Å². The molecular weight excluding hydrogens is 385 g/mol. The molecular formula is C24H16FNO4. The summed E-state index contributed by atoms with van der Waals surface area (Å²) in [7, 11) is 0. The van der Waals surface area contributed by atoms with Gasteiger partial charge in [-0.25, -0.2) is 9.18 Å². The van der Waals surface area contributed by atoms with E-state index in [2.05, 4.69) is 5.32 Å². The quantitative estimate of drug-likeness (QED) is 0.433. The van der Waals surface area contributed by atoms with Gasteiger partial charge in [-0.2, -0.15) is 0 Å². The van der Waals surface area contributed by atoms with Crippen LogP contribution in [0, 0.1) is 5.82 Å². The Kier molecular flexibility index (Phi) is 4.90. The minimum Gasteiger partial charge on any atom is -0.508 e. The zero-order valence-electron chi connectivity index (χ0n) is 15.6. The van der Waals surface area contributed by atoms with Gasteiger partial charge in [-0.3, -0.25) is 4.79 Å². The molecule has 0 aromatic heterocycles. The summed E-state index contributed by atoms with van der Waals surface area (Å²) in [6, 6.07) is 20.1. The van der Waals surface area contributed by atoms with Crippen LogP contribution in [-0.4, -0.2) is 22.1 Å². The summed E-state index contributed by atoms with van der Waals surface area (Å²) in [5.74, 6) is -1.89. The number of benzene rings is 4. The van der Waals surface area contributed by atoms with Gasteiger partial charge in [0.05, 0.1) is 11.3 Å². The molecule has 4 aromatic rings. The number of carboxylic acids is 1. The molecule has 0 atom stereocenters. The van der Waals surface area contributed by atoms with Crippen LogP contribution in [0.25, 0.3) is 21.9 Å². The third-order valence-electron chi connectivity index (χ3n) is 4.76. The Morgan fingerprint density at radius 3 is 2.17 bits per heavy atom. The van der Waals surface area contributed by atoms with E-state index in [0.29, 0.717) is 16.7 Å². The molecule has 0 unspecified atom stereocenters. The Morgan fingerprint density at radius 1 is 0.767 bits per heavy atom. The van der Waals surface area contributed by atoms with Crippen molar-refractivity contribution in [3.63, 3.8) is 0 Å². The van der Waals surface area contributed by atoms with E-state index in [1.165, 1.54) is 24.3 Å². The first-order valence-corrected chi connectivity index (χ1v) is 9.08. The number of anilines is 1. The molecule has 0 saturated heterocycles. The predicted octanol–water partition coefficient (Wildman–Crippen LogP) is 5.30. The highest BCUT2D eigenvalue weighted by Gasteiger charge is 2.15. The Hall–Kier alpha value is -4.19. The van der Waals surface area contributed by atoms with Crippen LogP contribution in [0.4, 0.5) is 10.1 Å². The van der Waals surface area contributed by atoms with E-state index in [1.807, 2.05) is 0 Å². The van der Waals surface area contributed by atoms with E-state index in [1.54, 1.807) is 54.6 Å². The van der Waals surface area contributed by atoms with Crippen LogP contribution >= 0.6 is 0 Å². The van der Waals surface area contributed by atoms with Crippen molar-refractivity contribution in [2.24, 2.45) is 0 Å². The summed E-state index contributed by atoms with van der Waals surface area (Å²) in [5.41, 5.74) is 1.76. The van der Waals surface area contributed by atoms with Crippen LogP contribution in [0.2, 0.25) is 0 Å². The van der Waals surface area contributed by atoms with Crippen LogP contribution in [0.3, 0.4) is 0 Å². The molecule has 0 heterocycles. The normalized spacial score (nSPS) is 10.7. The second-order valence-electron chi connectivity index (χ2n) is 6.77. The van der Waals surface area contributed by atoms with Gasteiger partial charge in [0.15, 0.2) is 0 Å². The van der Waals surface area contributed by atoms with Crippen molar-refractivity contribution in [1.82, 2.24) is 0 Å². The number of carbonyl (C=O) groups excluding carboxylic acids is 1. The lowest BCUT2D eigenvalue weighted by Gasteiger charge is -2.12. The van der Waals surface area contributed by atoms with Gasteiger partial charge in [0.2, 0.25) is 0 Å². The van der Waals surface area contributed by atoms with E-state index in [-0.39, 0.29) is 22.8 Å². The molecule has 1 amide bonds. The van der Waals surface area contributed by atoms with E-state index in [9.17, 15) is 24.2 Å². The number of nitrogens with one attached hydrogen (secondary N) is 1. The van der Waals surface area contributed by atoms with E-state index >= 15 is 0 Å². The third kappa shape index (κ3) is 3.84. The molecule has 0 bridgehead atoms. The van der Waals surface area contributed by atoms with Crippen LogP contribution in [0.5, 0.6) is 5.75 Å². The van der Waals surface area contributed by atoms with Crippen molar-refractivity contribution >= 4 is 28.3 Å². The smallest absolute Gasteiger partial charge is 0.337 e. The SMILES string of the molecule is O=C(Nc1cc(-c2ccc(F)cc2)ccc1C(=O)O)c1ccc2cc(O)ccc2c1. The minimum absolute atomic E-state index is 0.0556. The van der Waals surface area contributed by atoms with Crippen molar-refractivity contribution in [3.8, 4) is 16.9 Å². The Morgan fingerprint density at radius 2 is 1.43 bits per heavy atom.